The number of carbonyl (C=O) groups excluding carboxylic acids is 1. The van der Waals surface area contributed by atoms with E-state index in [1.807, 2.05) is 11.8 Å². The lowest BCUT2D eigenvalue weighted by Gasteiger charge is -2.37. The summed E-state index contributed by atoms with van der Waals surface area (Å²) in [6.45, 7) is 3.20. The number of rotatable bonds is 2. The van der Waals surface area contributed by atoms with Gasteiger partial charge < -0.3 is 10.0 Å². The molecule has 2 aliphatic rings. The number of β-amino-alcohol motifs (C(OH)–C–C–N with tert-alkyl or cyclic N) is 1. The van der Waals surface area contributed by atoms with E-state index in [9.17, 15) is 9.90 Å². The Labute approximate surface area is 97.8 Å². The van der Waals surface area contributed by atoms with E-state index in [0.29, 0.717) is 18.9 Å². The lowest BCUT2D eigenvalue weighted by Crippen LogP contribution is -2.48. The van der Waals surface area contributed by atoms with Crippen LogP contribution in [0, 0.1) is 5.92 Å². The van der Waals surface area contributed by atoms with Crippen LogP contribution in [0.25, 0.3) is 0 Å². The SMILES string of the molecule is CC1(O)CCCN(C(=O)CC2CCCC2)C1. The van der Waals surface area contributed by atoms with E-state index < -0.39 is 5.60 Å². The van der Waals surface area contributed by atoms with Crippen LogP contribution in [0.1, 0.15) is 51.9 Å². The Morgan fingerprint density at radius 1 is 1.38 bits per heavy atom. The Morgan fingerprint density at radius 3 is 2.69 bits per heavy atom. The van der Waals surface area contributed by atoms with Crippen molar-refractivity contribution in [3.05, 3.63) is 0 Å². The van der Waals surface area contributed by atoms with Crippen LogP contribution in [0.2, 0.25) is 0 Å². The number of carbonyl (C=O) groups is 1. The van der Waals surface area contributed by atoms with Gasteiger partial charge in [0.05, 0.1) is 5.60 Å². The molecule has 92 valence electrons. The average Bonchev–Trinajstić information content (AvgIpc) is 2.69. The molecule has 2 fully saturated rings. The highest BCUT2D eigenvalue weighted by Gasteiger charge is 2.31. The van der Waals surface area contributed by atoms with Gasteiger partial charge in [-0.15, -0.1) is 0 Å². The first-order chi connectivity index (χ1) is 7.57. The van der Waals surface area contributed by atoms with E-state index in [0.717, 1.165) is 19.4 Å². The Morgan fingerprint density at radius 2 is 2.06 bits per heavy atom. The van der Waals surface area contributed by atoms with Crippen molar-refractivity contribution in [3.63, 3.8) is 0 Å². The summed E-state index contributed by atoms with van der Waals surface area (Å²) in [5.41, 5.74) is -0.663. The molecule has 0 bridgehead atoms. The third kappa shape index (κ3) is 2.97. The van der Waals surface area contributed by atoms with Gasteiger partial charge in [-0.1, -0.05) is 12.8 Å². The molecule has 0 aromatic heterocycles. The fourth-order valence-corrected chi connectivity index (χ4v) is 3.02. The Kier molecular flexibility index (Phi) is 3.53. The molecule has 0 radical (unpaired) electrons. The summed E-state index contributed by atoms with van der Waals surface area (Å²) in [7, 11) is 0. The second-order valence-electron chi connectivity index (χ2n) is 5.77. The number of piperidine rings is 1. The molecule has 1 amide bonds. The lowest BCUT2D eigenvalue weighted by molar-refractivity contribution is -0.138. The molecule has 0 spiro atoms. The van der Waals surface area contributed by atoms with Gasteiger partial charge >= 0.3 is 0 Å². The Bertz CT molecular complexity index is 257. The van der Waals surface area contributed by atoms with Crippen molar-refractivity contribution in [2.75, 3.05) is 13.1 Å². The Hall–Kier alpha value is -0.570. The highest BCUT2D eigenvalue weighted by Crippen LogP contribution is 2.29. The van der Waals surface area contributed by atoms with E-state index in [1.165, 1.54) is 25.7 Å². The van der Waals surface area contributed by atoms with Gasteiger partial charge in [0, 0.05) is 19.5 Å². The summed E-state index contributed by atoms with van der Waals surface area (Å²) in [5, 5.41) is 9.96. The first kappa shape index (κ1) is 11.9. The molecular formula is C13H23NO2. The third-order valence-corrected chi connectivity index (χ3v) is 3.97. The molecule has 1 saturated heterocycles. The standard InChI is InChI=1S/C13H23NO2/c1-13(16)7-4-8-14(10-13)12(15)9-11-5-2-3-6-11/h11,16H,2-10H2,1H3. The number of hydrogen-bond donors (Lipinski definition) is 1. The summed E-state index contributed by atoms with van der Waals surface area (Å²) in [4.78, 5) is 13.9. The molecule has 1 N–H and O–H groups in total. The summed E-state index contributed by atoms with van der Waals surface area (Å²) in [6.07, 6.45) is 7.47. The number of hydrogen-bond acceptors (Lipinski definition) is 2. The van der Waals surface area contributed by atoms with Crippen molar-refractivity contribution in [1.29, 1.82) is 0 Å². The second-order valence-corrected chi connectivity index (χ2v) is 5.77. The van der Waals surface area contributed by atoms with Crippen LogP contribution in [0.15, 0.2) is 0 Å². The second kappa shape index (κ2) is 4.74. The molecular weight excluding hydrogens is 202 g/mol. The molecule has 1 aliphatic heterocycles. The topological polar surface area (TPSA) is 40.5 Å². The minimum Gasteiger partial charge on any atom is -0.388 e. The number of amides is 1. The maximum Gasteiger partial charge on any atom is 0.222 e. The molecule has 2 rings (SSSR count). The van der Waals surface area contributed by atoms with Gasteiger partial charge in [-0.2, -0.15) is 0 Å². The third-order valence-electron chi connectivity index (χ3n) is 3.97. The maximum atomic E-state index is 12.1. The van der Waals surface area contributed by atoms with Crippen molar-refractivity contribution in [2.24, 2.45) is 5.92 Å². The van der Waals surface area contributed by atoms with Crippen LogP contribution in [0.3, 0.4) is 0 Å². The van der Waals surface area contributed by atoms with Gasteiger partial charge in [0.15, 0.2) is 0 Å². The fraction of sp³-hybridized carbons (Fsp3) is 0.923. The quantitative estimate of drug-likeness (QED) is 0.780. The molecule has 3 heteroatoms. The van der Waals surface area contributed by atoms with E-state index in [-0.39, 0.29) is 5.91 Å². The molecule has 0 aromatic carbocycles. The minimum atomic E-state index is -0.663. The predicted molar refractivity (Wildman–Crippen MR) is 63.0 cm³/mol. The van der Waals surface area contributed by atoms with Gasteiger partial charge in [0.1, 0.15) is 0 Å². The first-order valence-electron chi connectivity index (χ1n) is 6.57. The van der Waals surface area contributed by atoms with Crippen LogP contribution in [-0.2, 0) is 4.79 Å². The van der Waals surface area contributed by atoms with Crippen LogP contribution < -0.4 is 0 Å². The van der Waals surface area contributed by atoms with Crippen LogP contribution in [0.5, 0.6) is 0 Å². The van der Waals surface area contributed by atoms with Crippen molar-refractivity contribution in [2.45, 2.75) is 57.5 Å². The van der Waals surface area contributed by atoms with Crippen molar-refractivity contribution < 1.29 is 9.90 Å². The lowest BCUT2D eigenvalue weighted by atomic mass is 9.94. The van der Waals surface area contributed by atoms with Gasteiger partial charge in [0.25, 0.3) is 0 Å². The molecule has 3 nitrogen and oxygen atoms in total. The summed E-state index contributed by atoms with van der Waals surface area (Å²) in [5.74, 6) is 0.867. The number of nitrogens with zero attached hydrogens (tertiary/aromatic N) is 1. The summed E-state index contributed by atoms with van der Waals surface area (Å²) >= 11 is 0. The zero-order chi connectivity index (χ0) is 11.6. The zero-order valence-electron chi connectivity index (χ0n) is 10.2. The van der Waals surface area contributed by atoms with E-state index in [2.05, 4.69) is 0 Å². The largest absolute Gasteiger partial charge is 0.388 e. The molecule has 16 heavy (non-hydrogen) atoms. The van der Waals surface area contributed by atoms with E-state index in [4.69, 9.17) is 0 Å². The molecule has 1 saturated carbocycles. The van der Waals surface area contributed by atoms with Crippen LogP contribution in [0.4, 0.5) is 0 Å². The molecule has 0 aromatic rings. The van der Waals surface area contributed by atoms with Gasteiger partial charge in [-0.25, -0.2) is 0 Å². The maximum absolute atomic E-state index is 12.1. The molecule has 1 heterocycles. The first-order valence-corrected chi connectivity index (χ1v) is 6.57. The summed E-state index contributed by atoms with van der Waals surface area (Å²) in [6, 6.07) is 0. The number of likely N-dealkylation sites (tertiary alicyclic amines) is 1. The number of aliphatic hydroxyl groups is 1. The zero-order valence-corrected chi connectivity index (χ0v) is 10.2. The average molecular weight is 225 g/mol. The summed E-state index contributed by atoms with van der Waals surface area (Å²) < 4.78 is 0. The molecule has 1 unspecified atom stereocenters. The normalized spacial score (nSPS) is 32.0. The Balaban J connectivity index is 1.84. The van der Waals surface area contributed by atoms with Gasteiger partial charge in [-0.3, -0.25) is 4.79 Å². The van der Waals surface area contributed by atoms with Crippen LogP contribution in [-0.4, -0.2) is 34.6 Å². The highest BCUT2D eigenvalue weighted by molar-refractivity contribution is 5.76. The fourth-order valence-electron chi connectivity index (χ4n) is 3.02. The highest BCUT2D eigenvalue weighted by atomic mass is 16.3. The van der Waals surface area contributed by atoms with Gasteiger partial charge in [-0.05, 0) is 38.5 Å². The smallest absolute Gasteiger partial charge is 0.222 e. The predicted octanol–water partition coefficient (Wildman–Crippen LogP) is 1.94. The van der Waals surface area contributed by atoms with Crippen molar-refractivity contribution in [1.82, 2.24) is 4.90 Å². The van der Waals surface area contributed by atoms with Crippen molar-refractivity contribution in [3.8, 4) is 0 Å². The monoisotopic (exact) mass is 225 g/mol. The van der Waals surface area contributed by atoms with Crippen molar-refractivity contribution >= 4 is 5.91 Å². The van der Waals surface area contributed by atoms with Gasteiger partial charge in [0.2, 0.25) is 5.91 Å². The van der Waals surface area contributed by atoms with E-state index in [1.54, 1.807) is 0 Å². The van der Waals surface area contributed by atoms with Crippen LogP contribution >= 0.6 is 0 Å². The molecule has 1 aliphatic carbocycles. The molecule has 1 atom stereocenters. The minimum absolute atomic E-state index is 0.256. The van der Waals surface area contributed by atoms with E-state index >= 15 is 0 Å².